The average Bonchev–Trinajstić information content (AvgIpc) is 2.41. The molecule has 0 saturated heterocycles. The molecule has 0 unspecified atom stereocenters. The molecule has 98 valence electrons. The smallest absolute Gasteiger partial charge is 0.255 e. The van der Waals surface area contributed by atoms with Gasteiger partial charge in [0.2, 0.25) is 0 Å². The number of nitrogens with zero attached hydrogens (tertiary/aromatic N) is 2. The van der Waals surface area contributed by atoms with E-state index >= 15 is 0 Å². The summed E-state index contributed by atoms with van der Waals surface area (Å²) in [6, 6.07) is 9.48. The molecule has 3 nitrogen and oxygen atoms in total. The van der Waals surface area contributed by atoms with E-state index in [0.29, 0.717) is 17.1 Å². The minimum absolute atomic E-state index is 0.115. The number of amides is 1. The minimum atomic E-state index is -0.115. The van der Waals surface area contributed by atoms with E-state index in [1.165, 1.54) is 6.20 Å². The molecule has 2 aromatic rings. The quantitative estimate of drug-likeness (QED) is 0.853. The molecular formula is C14H12BrClN2O. The molecule has 0 atom stereocenters. The zero-order valence-electron chi connectivity index (χ0n) is 10.3. The lowest BCUT2D eigenvalue weighted by atomic mass is 10.2. The highest BCUT2D eigenvalue weighted by Crippen LogP contribution is 2.17. The molecule has 0 aliphatic heterocycles. The molecule has 0 bridgehead atoms. The number of hydrogen-bond acceptors (Lipinski definition) is 2. The van der Waals surface area contributed by atoms with Crippen molar-refractivity contribution in [3.05, 3.63) is 63.3 Å². The SMILES string of the molecule is CN(Cc1ccc(Br)cc1)C(=O)c1ccncc1Cl. The highest BCUT2D eigenvalue weighted by atomic mass is 79.9. The fourth-order valence-corrected chi connectivity index (χ4v) is 2.15. The number of carbonyl (C=O) groups excluding carboxylic acids is 1. The van der Waals surface area contributed by atoms with Crippen molar-refractivity contribution in [3.8, 4) is 0 Å². The van der Waals surface area contributed by atoms with Crippen LogP contribution in [0.3, 0.4) is 0 Å². The van der Waals surface area contributed by atoms with E-state index in [2.05, 4.69) is 20.9 Å². The second-order valence-electron chi connectivity index (χ2n) is 4.14. The number of halogens is 2. The molecule has 0 spiro atoms. The van der Waals surface area contributed by atoms with Gasteiger partial charge in [0, 0.05) is 30.5 Å². The number of aromatic nitrogens is 1. The molecule has 1 aromatic heterocycles. The van der Waals surface area contributed by atoms with Crippen LogP contribution < -0.4 is 0 Å². The van der Waals surface area contributed by atoms with E-state index in [1.54, 1.807) is 24.2 Å². The van der Waals surface area contributed by atoms with Gasteiger partial charge in [0.05, 0.1) is 10.6 Å². The van der Waals surface area contributed by atoms with Gasteiger partial charge in [-0.1, -0.05) is 39.7 Å². The van der Waals surface area contributed by atoms with E-state index in [1.807, 2.05) is 24.3 Å². The molecule has 1 heterocycles. The molecule has 0 fully saturated rings. The highest BCUT2D eigenvalue weighted by Gasteiger charge is 2.15. The van der Waals surface area contributed by atoms with Crippen LogP contribution in [0.1, 0.15) is 15.9 Å². The first kappa shape index (κ1) is 14.0. The molecule has 1 aromatic carbocycles. The van der Waals surface area contributed by atoms with Crippen LogP contribution in [-0.4, -0.2) is 22.8 Å². The molecule has 5 heteroatoms. The maximum Gasteiger partial charge on any atom is 0.255 e. The zero-order chi connectivity index (χ0) is 13.8. The van der Waals surface area contributed by atoms with Crippen molar-refractivity contribution >= 4 is 33.4 Å². The Morgan fingerprint density at radius 1 is 1.32 bits per heavy atom. The summed E-state index contributed by atoms with van der Waals surface area (Å²) in [7, 11) is 1.75. The van der Waals surface area contributed by atoms with Crippen molar-refractivity contribution in [1.29, 1.82) is 0 Å². The number of benzene rings is 1. The highest BCUT2D eigenvalue weighted by molar-refractivity contribution is 9.10. The molecule has 0 aliphatic carbocycles. The monoisotopic (exact) mass is 338 g/mol. The van der Waals surface area contributed by atoms with E-state index in [9.17, 15) is 4.79 Å². The third kappa shape index (κ3) is 3.55. The first-order valence-corrected chi connectivity index (χ1v) is 6.84. The van der Waals surface area contributed by atoms with Gasteiger partial charge in [0.15, 0.2) is 0 Å². The van der Waals surface area contributed by atoms with Crippen LogP contribution in [0, 0.1) is 0 Å². The Morgan fingerprint density at radius 3 is 2.63 bits per heavy atom. The lowest BCUT2D eigenvalue weighted by Gasteiger charge is -2.17. The minimum Gasteiger partial charge on any atom is -0.337 e. The summed E-state index contributed by atoms with van der Waals surface area (Å²) in [4.78, 5) is 17.7. The van der Waals surface area contributed by atoms with Crippen molar-refractivity contribution in [2.75, 3.05) is 7.05 Å². The van der Waals surface area contributed by atoms with Crippen molar-refractivity contribution in [2.45, 2.75) is 6.54 Å². The van der Waals surface area contributed by atoms with Gasteiger partial charge in [-0.2, -0.15) is 0 Å². The number of carbonyl (C=O) groups is 1. The van der Waals surface area contributed by atoms with Crippen molar-refractivity contribution in [1.82, 2.24) is 9.88 Å². The third-order valence-electron chi connectivity index (χ3n) is 2.68. The predicted molar refractivity (Wildman–Crippen MR) is 79.2 cm³/mol. The normalized spacial score (nSPS) is 10.3. The molecular weight excluding hydrogens is 328 g/mol. The van der Waals surface area contributed by atoms with Crippen molar-refractivity contribution < 1.29 is 4.79 Å². The lowest BCUT2D eigenvalue weighted by Crippen LogP contribution is -2.26. The average molecular weight is 340 g/mol. The summed E-state index contributed by atoms with van der Waals surface area (Å²) in [5.41, 5.74) is 1.53. The molecule has 0 aliphatic rings. The third-order valence-corrected chi connectivity index (χ3v) is 3.51. The molecule has 0 N–H and O–H groups in total. The molecule has 19 heavy (non-hydrogen) atoms. The first-order valence-electron chi connectivity index (χ1n) is 5.67. The number of rotatable bonds is 3. The Kier molecular flexibility index (Phi) is 4.56. The van der Waals surface area contributed by atoms with Crippen LogP contribution in [0.25, 0.3) is 0 Å². The van der Waals surface area contributed by atoms with Crippen LogP contribution in [-0.2, 0) is 6.54 Å². The van der Waals surface area contributed by atoms with Crippen molar-refractivity contribution in [3.63, 3.8) is 0 Å². The molecule has 1 amide bonds. The van der Waals surface area contributed by atoms with Gasteiger partial charge < -0.3 is 4.90 Å². The molecule has 0 radical (unpaired) electrons. The summed E-state index contributed by atoms with van der Waals surface area (Å²) < 4.78 is 1.02. The van der Waals surface area contributed by atoms with Gasteiger partial charge in [-0.05, 0) is 23.8 Å². The zero-order valence-corrected chi connectivity index (χ0v) is 12.6. The fourth-order valence-electron chi connectivity index (χ4n) is 1.69. The standard InChI is InChI=1S/C14H12BrClN2O/c1-18(9-10-2-4-11(15)5-3-10)14(19)12-6-7-17-8-13(12)16/h2-8H,9H2,1H3. The molecule has 2 rings (SSSR count). The van der Waals surface area contributed by atoms with Crippen LogP contribution in [0.2, 0.25) is 5.02 Å². The Labute approximate surface area is 125 Å². The van der Waals surface area contributed by atoms with E-state index in [0.717, 1.165) is 10.0 Å². The van der Waals surface area contributed by atoms with Crippen LogP contribution in [0.4, 0.5) is 0 Å². The maximum absolute atomic E-state index is 12.2. The van der Waals surface area contributed by atoms with Gasteiger partial charge in [-0.3, -0.25) is 9.78 Å². The second-order valence-corrected chi connectivity index (χ2v) is 5.47. The summed E-state index contributed by atoms with van der Waals surface area (Å²) >= 11 is 9.35. The van der Waals surface area contributed by atoms with Gasteiger partial charge in [0.1, 0.15) is 0 Å². The Balaban J connectivity index is 2.12. The first-order chi connectivity index (χ1) is 9.08. The topological polar surface area (TPSA) is 33.2 Å². The van der Waals surface area contributed by atoms with Crippen molar-refractivity contribution in [2.24, 2.45) is 0 Å². The van der Waals surface area contributed by atoms with E-state index in [4.69, 9.17) is 11.6 Å². The molecule has 0 saturated carbocycles. The lowest BCUT2D eigenvalue weighted by molar-refractivity contribution is 0.0785. The fraction of sp³-hybridized carbons (Fsp3) is 0.143. The van der Waals surface area contributed by atoms with Crippen LogP contribution in [0.5, 0.6) is 0 Å². The Bertz CT molecular complexity index is 586. The summed E-state index contributed by atoms with van der Waals surface area (Å²) in [6.07, 6.45) is 3.04. The van der Waals surface area contributed by atoms with Gasteiger partial charge in [-0.15, -0.1) is 0 Å². The number of pyridine rings is 1. The van der Waals surface area contributed by atoms with E-state index < -0.39 is 0 Å². The van der Waals surface area contributed by atoms with Gasteiger partial charge in [0.25, 0.3) is 5.91 Å². The summed E-state index contributed by atoms with van der Waals surface area (Å²) in [5.74, 6) is -0.115. The van der Waals surface area contributed by atoms with Gasteiger partial charge in [-0.25, -0.2) is 0 Å². The van der Waals surface area contributed by atoms with Gasteiger partial charge >= 0.3 is 0 Å². The maximum atomic E-state index is 12.2. The predicted octanol–water partition coefficient (Wildman–Crippen LogP) is 3.77. The second kappa shape index (κ2) is 6.17. The summed E-state index contributed by atoms with van der Waals surface area (Å²) in [5, 5.41) is 0.371. The van der Waals surface area contributed by atoms with E-state index in [-0.39, 0.29) is 5.91 Å². The largest absolute Gasteiger partial charge is 0.337 e. The van der Waals surface area contributed by atoms with Crippen LogP contribution >= 0.6 is 27.5 Å². The summed E-state index contributed by atoms with van der Waals surface area (Å²) in [6.45, 7) is 0.533. The Hall–Kier alpha value is -1.39. The van der Waals surface area contributed by atoms with Crippen LogP contribution in [0.15, 0.2) is 47.2 Å². The number of hydrogen-bond donors (Lipinski definition) is 0. The Morgan fingerprint density at radius 2 is 2.00 bits per heavy atom.